The zero-order valence-corrected chi connectivity index (χ0v) is 12.9. The highest BCUT2D eigenvalue weighted by Gasteiger charge is 2.27. The second kappa shape index (κ2) is 4.75. The molecule has 3 heterocycles. The number of nitrogens with zero attached hydrogens (tertiary/aromatic N) is 2. The van der Waals surface area contributed by atoms with Crippen LogP contribution in [0.4, 0.5) is 9.80 Å². The molecular formula is C13H15N3O2S2. The van der Waals surface area contributed by atoms with Crippen molar-refractivity contribution in [2.75, 3.05) is 12.3 Å². The Morgan fingerprint density at radius 3 is 2.75 bits per heavy atom. The van der Waals surface area contributed by atoms with Gasteiger partial charge in [-0.15, -0.1) is 22.7 Å². The minimum atomic E-state index is -0.870. The molecule has 106 valence electrons. The Morgan fingerprint density at radius 2 is 2.15 bits per heavy atom. The van der Waals surface area contributed by atoms with Crippen LogP contribution in [0.2, 0.25) is 0 Å². The van der Waals surface area contributed by atoms with E-state index in [9.17, 15) is 4.79 Å². The van der Waals surface area contributed by atoms with Crippen molar-refractivity contribution < 1.29 is 9.90 Å². The van der Waals surface area contributed by atoms with Crippen LogP contribution in [-0.4, -0.2) is 27.6 Å². The van der Waals surface area contributed by atoms with E-state index in [0.29, 0.717) is 19.5 Å². The van der Waals surface area contributed by atoms with Gasteiger partial charge >= 0.3 is 6.09 Å². The van der Waals surface area contributed by atoms with Gasteiger partial charge in [0.1, 0.15) is 5.01 Å². The molecule has 0 radical (unpaired) electrons. The van der Waals surface area contributed by atoms with Crippen molar-refractivity contribution in [2.24, 2.45) is 0 Å². The third-order valence-corrected chi connectivity index (χ3v) is 5.73. The van der Waals surface area contributed by atoms with E-state index in [1.807, 2.05) is 6.92 Å². The van der Waals surface area contributed by atoms with E-state index >= 15 is 0 Å². The highest BCUT2D eigenvalue weighted by Crippen LogP contribution is 2.43. The first-order valence-corrected chi connectivity index (χ1v) is 7.93. The molecule has 0 fully saturated rings. The average Bonchev–Trinajstić information content (AvgIpc) is 2.88. The van der Waals surface area contributed by atoms with Crippen LogP contribution >= 0.6 is 22.7 Å². The van der Waals surface area contributed by atoms with Crippen molar-refractivity contribution >= 4 is 33.8 Å². The van der Waals surface area contributed by atoms with Gasteiger partial charge in [-0.25, -0.2) is 9.78 Å². The third kappa shape index (κ3) is 2.06. The summed E-state index contributed by atoms with van der Waals surface area (Å²) in [6.45, 7) is 5.01. The second-order valence-electron chi connectivity index (χ2n) is 4.86. The summed E-state index contributed by atoms with van der Waals surface area (Å²) >= 11 is 3.14. The molecular weight excluding hydrogens is 294 g/mol. The van der Waals surface area contributed by atoms with Crippen molar-refractivity contribution in [3.05, 3.63) is 21.0 Å². The SMILES string of the molecule is Cc1nc(-c2c(N)sc3c2CCN(C(=O)O)C3)sc1C. The molecule has 1 amide bonds. The summed E-state index contributed by atoms with van der Waals surface area (Å²) in [5.74, 6) is 0. The monoisotopic (exact) mass is 309 g/mol. The standard InChI is InChI=1S/C13H15N3O2S2/c1-6-7(2)19-12(15-6)10-8-3-4-16(13(17)18)5-9(8)20-11(10)14/h3-5,14H2,1-2H3,(H,17,18). The van der Waals surface area contributed by atoms with Gasteiger partial charge in [0.15, 0.2) is 0 Å². The van der Waals surface area contributed by atoms with Gasteiger partial charge in [-0.05, 0) is 25.8 Å². The Labute approximate surface area is 124 Å². The molecule has 0 saturated heterocycles. The maximum Gasteiger partial charge on any atom is 0.407 e. The van der Waals surface area contributed by atoms with Crippen LogP contribution in [0.3, 0.4) is 0 Å². The van der Waals surface area contributed by atoms with Crippen LogP contribution in [-0.2, 0) is 13.0 Å². The van der Waals surface area contributed by atoms with Gasteiger partial charge in [-0.1, -0.05) is 0 Å². The summed E-state index contributed by atoms with van der Waals surface area (Å²) in [5, 5.41) is 10.8. The van der Waals surface area contributed by atoms with Crippen molar-refractivity contribution in [2.45, 2.75) is 26.8 Å². The number of aromatic nitrogens is 1. The molecule has 5 nitrogen and oxygen atoms in total. The number of thiophene rings is 1. The molecule has 7 heteroatoms. The van der Waals surface area contributed by atoms with Crippen LogP contribution in [0.5, 0.6) is 0 Å². The lowest BCUT2D eigenvalue weighted by Gasteiger charge is -2.24. The molecule has 0 unspecified atom stereocenters. The average molecular weight is 309 g/mol. The van der Waals surface area contributed by atoms with E-state index in [0.717, 1.165) is 26.1 Å². The van der Waals surface area contributed by atoms with Crippen molar-refractivity contribution in [1.29, 1.82) is 0 Å². The Balaban J connectivity index is 2.05. The van der Waals surface area contributed by atoms with Crippen LogP contribution in [0.15, 0.2) is 0 Å². The summed E-state index contributed by atoms with van der Waals surface area (Å²) < 4.78 is 0. The number of fused-ring (bicyclic) bond motifs is 1. The largest absolute Gasteiger partial charge is 0.465 e. The number of anilines is 1. The molecule has 0 bridgehead atoms. The van der Waals surface area contributed by atoms with Crippen LogP contribution in [0, 0.1) is 13.8 Å². The van der Waals surface area contributed by atoms with Gasteiger partial charge in [0.25, 0.3) is 0 Å². The van der Waals surface area contributed by atoms with Crippen LogP contribution in [0.1, 0.15) is 21.0 Å². The zero-order valence-electron chi connectivity index (χ0n) is 11.3. The summed E-state index contributed by atoms with van der Waals surface area (Å²) in [7, 11) is 0. The lowest BCUT2D eigenvalue weighted by Crippen LogP contribution is -2.34. The summed E-state index contributed by atoms with van der Waals surface area (Å²) in [6, 6.07) is 0. The van der Waals surface area contributed by atoms with Crippen LogP contribution in [0.25, 0.3) is 10.6 Å². The fraction of sp³-hybridized carbons (Fsp3) is 0.385. The number of hydrogen-bond donors (Lipinski definition) is 2. The maximum absolute atomic E-state index is 11.1. The molecule has 1 aliphatic heterocycles. The number of nitrogens with two attached hydrogens (primary N) is 1. The molecule has 0 aliphatic carbocycles. The number of thiazole rings is 1. The lowest BCUT2D eigenvalue weighted by atomic mass is 10.0. The first kappa shape index (κ1) is 13.4. The highest BCUT2D eigenvalue weighted by molar-refractivity contribution is 7.18. The van der Waals surface area contributed by atoms with Crippen LogP contribution < -0.4 is 5.73 Å². The summed E-state index contributed by atoms with van der Waals surface area (Å²) in [5.41, 5.74) is 9.39. The number of carboxylic acid groups (broad SMARTS) is 1. The quantitative estimate of drug-likeness (QED) is 0.848. The Hall–Kier alpha value is -1.60. The molecule has 20 heavy (non-hydrogen) atoms. The number of carbonyl (C=O) groups is 1. The fourth-order valence-corrected chi connectivity index (χ4v) is 4.60. The van der Waals surface area contributed by atoms with E-state index in [4.69, 9.17) is 10.8 Å². The fourth-order valence-electron chi connectivity index (χ4n) is 2.40. The third-order valence-electron chi connectivity index (χ3n) is 3.60. The van der Waals surface area contributed by atoms with E-state index in [1.54, 1.807) is 11.3 Å². The molecule has 2 aromatic heterocycles. The van der Waals surface area contributed by atoms with Gasteiger partial charge in [-0.3, -0.25) is 0 Å². The number of nitrogen functional groups attached to an aromatic ring is 1. The van der Waals surface area contributed by atoms with Crippen molar-refractivity contribution in [3.8, 4) is 10.6 Å². The number of hydrogen-bond acceptors (Lipinski definition) is 5. The molecule has 1 aliphatic rings. The van der Waals surface area contributed by atoms with E-state index in [2.05, 4.69) is 11.9 Å². The highest BCUT2D eigenvalue weighted by atomic mass is 32.1. The molecule has 0 atom stereocenters. The van der Waals surface area contributed by atoms with E-state index in [1.165, 1.54) is 26.7 Å². The summed E-state index contributed by atoms with van der Waals surface area (Å²) in [4.78, 5) is 19.3. The van der Waals surface area contributed by atoms with Gasteiger partial charge in [0.05, 0.1) is 17.2 Å². The van der Waals surface area contributed by atoms with Gasteiger partial charge in [0, 0.05) is 21.9 Å². The summed E-state index contributed by atoms with van der Waals surface area (Å²) in [6.07, 6.45) is -0.160. The molecule has 3 N–H and O–H groups in total. The Kier molecular flexibility index (Phi) is 3.18. The van der Waals surface area contributed by atoms with Gasteiger partial charge in [-0.2, -0.15) is 0 Å². The minimum absolute atomic E-state index is 0.433. The number of amides is 1. The number of rotatable bonds is 1. The topological polar surface area (TPSA) is 79.5 Å². The first-order valence-electron chi connectivity index (χ1n) is 6.29. The Bertz CT molecular complexity index is 671. The normalized spacial score (nSPS) is 14.4. The van der Waals surface area contributed by atoms with Gasteiger partial charge in [0.2, 0.25) is 0 Å². The van der Waals surface area contributed by atoms with E-state index in [-0.39, 0.29) is 0 Å². The molecule has 0 aromatic carbocycles. The second-order valence-corrected chi connectivity index (χ2v) is 7.20. The molecule has 0 spiro atoms. The van der Waals surface area contributed by atoms with Crippen molar-refractivity contribution in [3.63, 3.8) is 0 Å². The van der Waals surface area contributed by atoms with Gasteiger partial charge < -0.3 is 15.7 Å². The predicted molar refractivity (Wildman–Crippen MR) is 81.5 cm³/mol. The molecule has 3 rings (SSSR count). The zero-order chi connectivity index (χ0) is 14.4. The maximum atomic E-state index is 11.1. The predicted octanol–water partition coefficient (Wildman–Crippen LogP) is 3.11. The molecule has 0 saturated carbocycles. The minimum Gasteiger partial charge on any atom is -0.465 e. The lowest BCUT2D eigenvalue weighted by molar-refractivity contribution is 0.140. The van der Waals surface area contributed by atoms with Crippen molar-refractivity contribution in [1.82, 2.24) is 9.88 Å². The first-order chi connectivity index (χ1) is 9.47. The smallest absolute Gasteiger partial charge is 0.407 e. The Morgan fingerprint density at radius 1 is 1.40 bits per heavy atom. The molecule has 2 aromatic rings. The van der Waals surface area contributed by atoms with E-state index < -0.39 is 6.09 Å². The number of aryl methyl sites for hydroxylation is 2.